The zero-order chi connectivity index (χ0) is 29.8. The van der Waals surface area contributed by atoms with E-state index in [0.717, 1.165) is 18.3 Å². The molecule has 13 heteroatoms. The molecule has 0 bridgehead atoms. The van der Waals surface area contributed by atoms with Crippen LogP contribution in [-0.4, -0.2) is 70.6 Å². The normalized spacial score (nSPS) is 20.8. The first-order valence-electron chi connectivity index (χ1n) is 13.5. The number of ketones is 1. The number of aromatic nitrogens is 6. The van der Waals surface area contributed by atoms with E-state index in [1.54, 1.807) is 35.6 Å². The lowest BCUT2D eigenvalue weighted by atomic mass is 10.0. The summed E-state index contributed by atoms with van der Waals surface area (Å²) in [7, 11) is 0. The lowest BCUT2D eigenvalue weighted by Crippen LogP contribution is -2.47. The van der Waals surface area contributed by atoms with Crippen LogP contribution in [0.15, 0.2) is 41.4 Å². The van der Waals surface area contributed by atoms with Gasteiger partial charge in [-0.3, -0.25) is 24.0 Å². The van der Waals surface area contributed by atoms with Gasteiger partial charge < -0.3 is 15.0 Å². The Morgan fingerprint density at radius 3 is 2.62 bits per heavy atom. The number of Topliss-reactive ketones (excluding diaryl/α,β-unsaturated/α-hetero) is 1. The molecule has 42 heavy (non-hydrogen) atoms. The highest BCUT2D eigenvalue weighted by atomic mass is 79.9. The minimum atomic E-state index is -0.651. The Balaban J connectivity index is 1.27. The van der Waals surface area contributed by atoms with Crippen molar-refractivity contribution in [2.24, 2.45) is 5.41 Å². The topological polar surface area (TPSA) is 153 Å². The van der Waals surface area contributed by atoms with Gasteiger partial charge in [0.1, 0.15) is 40.8 Å². The van der Waals surface area contributed by atoms with Crippen LogP contribution in [-0.2, 0) is 27.3 Å². The summed E-state index contributed by atoms with van der Waals surface area (Å²) in [4.78, 5) is 69.4. The second kappa shape index (κ2) is 10.5. The number of hydrogen-bond donors (Lipinski definition) is 1. The predicted octanol–water partition coefficient (Wildman–Crippen LogP) is 3.32. The summed E-state index contributed by atoms with van der Waals surface area (Å²) >= 11 is 3.34. The summed E-state index contributed by atoms with van der Waals surface area (Å²) in [5.74, 6) is 0.0404. The van der Waals surface area contributed by atoms with Crippen molar-refractivity contribution < 1.29 is 19.2 Å². The number of halogens is 1. The summed E-state index contributed by atoms with van der Waals surface area (Å²) in [6.07, 6.45) is 6.92. The van der Waals surface area contributed by atoms with Gasteiger partial charge in [0.2, 0.25) is 11.8 Å². The van der Waals surface area contributed by atoms with Crippen LogP contribution in [0, 0.1) is 12.3 Å². The van der Waals surface area contributed by atoms with E-state index in [2.05, 4.69) is 53.2 Å². The summed E-state index contributed by atoms with van der Waals surface area (Å²) in [6, 6.07) is 4.68. The highest BCUT2D eigenvalue weighted by molar-refractivity contribution is 9.10. The number of rotatable bonds is 8. The molecule has 1 N–H and O–H groups in total. The van der Waals surface area contributed by atoms with Crippen LogP contribution >= 0.6 is 15.9 Å². The van der Waals surface area contributed by atoms with Gasteiger partial charge in [-0.15, -0.1) is 0 Å². The summed E-state index contributed by atoms with van der Waals surface area (Å²) in [5, 5.41) is 7.93. The van der Waals surface area contributed by atoms with Crippen LogP contribution < -0.4 is 5.32 Å². The molecule has 0 spiro atoms. The molecule has 2 fully saturated rings. The predicted molar refractivity (Wildman–Crippen MR) is 155 cm³/mol. The van der Waals surface area contributed by atoms with Crippen LogP contribution in [0.5, 0.6) is 0 Å². The van der Waals surface area contributed by atoms with Gasteiger partial charge in [-0.2, -0.15) is 5.10 Å². The Morgan fingerprint density at radius 2 is 1.90 bits per heavy atom. The fraction of sp³-hybridized carbons (Fsp3) is 0.345. The Bertz CT molecular complexity index is 1770. The number of aryl methyl sites for hydroxylation is 1. The third-order valence-electron chi connectivity index (χ3n) is 8.05. The first-order chi connectivity index (χ1) is 20.1. The first-order valence-corrected chi connectivity index (χ1v) is 14.2. The van der Waals surface area contributed by atoms with Crippen LogP contribution in [0.2, 0.25) is 0 Å². The molecule has 4 aromatic rings. The van der Waals surface area contributed by atoms with E-state index in [0.29, 0.717) is 44.8 Å². The molecule has 214 valence electrons. The summed E-state index contributed by atoms with van der Waals surface area (Å²) in [6.45, 7) is 5.21. The molecule has 5 heterocycles. The number of likely N-dealkylation sites (tertiary alicyclic amines) is 1. The smallest absolute Gasteiger partial charge is 0.248 e. The SMILES string of the molecule is CC(=O)c1nn(CC(=O)N2C3C[C@]3(C)C[C@H]2C(=O)Nc2nc(Br)ccc2C)c2cnc(-c3cnc(CC=O)nc3)cc12. The average Bonchev–Trinajstić information content (AvgIpc) is 3.33. The molecular formula is C29H27BrN8O4. The minimum Gasteiger partial charge on any atom is -0.325 e. The molecule has 1 unspecified atom stereocenters. The minimum absolute atomic E-state index is 0.0432. The second-order valence-electron chi connectivity index (χ2n) is 11.1. The van der Waals surface area contributed by atoms with E-state index in [1.165, 1.54) is 11.6 Å². The number of amides is 2. The van der Waals surface area contributed by atoms with Crippen molar-refractivity contribution in [1.82, 2.24) is 34.6 Å². The van der Waals surface area contributed by atoms with Gasteiger partial charge >= 0.3 is 0 Å². The van der Waals surface area contributed by atoms with Gasteiger partial charge in [-0.25, -0.2) is 15.0 Å². The van der Waals surface area contributed by atoms with Crippen molar-refractivity contribution in [3.05, 3.63) is 58.5 Å². The average molecular weight is 631 g/mol. The van der Waals surface area contributed by atoms with Crippen LogP contribution in [0.4, 0.5) is 5.82 Å². The molecule has 12 nitrogen and oxygen atoms in total. The fourth-order valence-corrected chi connectivity index (χ4v) is 5.99. The van der Waals surface area contributed by atoms with Crippen molar-refractivity contribution >= 4 is 56.5 Å². The Morgan fingerprint density at radius 1 is 1.14 bits per heavy atom. The van der Waals surface area contributed by atoms with Crippen molar-refractivity contribution in [2.45, 2.75) is 58.7 Å². The van der Waals surface area contributed by atoms with E-state index in [1.807, 2.05) is 13.0 Å². The molecule has 0 aromatic carbocycles. The van der Waals surface area contributed by atoms with E-state index < -0.39 is 6.04 Å². The monoisotopic (exact) mass is 630 g/mol. The number of nitrogens with zero attached hydrogens (tertiary/aromatic N) is 7. The van der Waals surface area contributed by atoms with Gasteiger partial charge in [0.15, 0.2) is 5.78 Å². The van der Waals surface area contributed by atoms with Crippen molar-refractivity contribution in [2.75, 3.05) is 5.32 Å². The number of anilines is 1. The number of carbonyl (C=O) groups excluding carboxylic acids is 4. The quantitative estimate of drug-likeness (QED) is 0.175. The van der Waals surface area contributed by atoms with E-state index in [-0.39, 0.29) is 47.7 Å². The number of hydrogen-bond acceptors (Lipinski definition) is 9. The van der Waals surface area contributed by atoms with Gasteiger partial charge in [-0.05, 0) is 58.8 Å². The molecule has 1 saturated heterocycles. The molecule has 3 atom stereocenters. The second-order valence-corrected chi connectivity index (χ2v) is 11.9. The lowest BCUT2D eigenvalue weighted by Gasteiger charge is -2.27. The molecule has 4 aromatic heterocycles. The maximum absolute atomic E-state index is 13.8. The van der Waals surface area contributed by atoms with E-state index >= 15 is 0 Å². The van der Waals surface area contributed by atoms with Crippen LogP contribution in [0.25, 0.3) is 22.2 Å². The molecule has 2 aliphatic rings. The van der Waals surface area contributed by atoms with Crippen LogP contribution in [0.1, 0.15) is 48.6 Å². The molecule has 1 aliphatic heterocycles. The molecule has 1 aliphatic carbocycles. The van der Waals surface area contributed by atoms with Crippen molar-refractivity contribution in [3.8, 4) is 11.3 Å². The molecule has 0 radical (unpaired) electrons. The largest absolute Gasteiger partial charge is 0.325 e. The zero-order valence-corrected chi connectivity index (χ0v) is 24.8. The highest BCUT2D eigenvalue weighted by Crippen LogP contribution is 2.59. The van der Waals surface area contributed by atoms with Gasteiger partial charge in [0.25, 0.3) is 0 Å². The standard InChI is InChI=1S/C29H27BrN8O4/c1-15-4-5-23(30)34-27(15)35-28(42)20-9-29(3)10-22(29)38(20)25(41)14-37-21-13-31-19(8-18(21)26(36-37)16(2)40)17-11-32-24(6-7-39)33-12-17/h4-5,7-8,11-13,20,22H,6,9-10,14H2,1-3H3,(H,34,35,42)/t20-,22?,29-/m0/s1. The molecule has 2 amide bonds. The molecule has 1 saturated carbocycles. The lowest BCUT2D eigenvalue weighted by molar-refractivity contribution is -0.138. The third-order valence-corrected chi connectivity index (χ3v) is 8.49. The third kappa shape index (κ3) is 4.97. The number of piperidine rings is 1. The number of fused-ring (bicyclic) bond motifs is 2. The molecule has 6 rings (SSSR count). The molecular weight excluding hydrogens is 604 g/mol. The van der Waals surface area contributed by atoms with Crippen molar-refractivity contribution in [3.63, 3.8) is 0 Å². The fourth-order valence-electron chi connectivity index (χ4n) is 5.68. The summed E-state index contributed by atoms with van der Waals surface area (Å²) in [5.41, 5.74) is 2.56. The number of aldehydes is 1. The Labute approximate surface area is 249 Å². The van der Waals surface area contributed by atoms with Gasteiger partial charge in [0, 0.05) is 36.3 Å². The number of carbonyl (C=O) groups is 4. The Hall–Kier alpha value is -4.39. The van der Waals surface area contributed by atoms with E-state index in [9.17, 15) is 19.2 Å². The number of nitrogens with one attached hydrogen (secondary N) is 1. The van der Waals surface area contributed by atoms with Crippen LogP contribution in [0.3, 0.4) is 0 Å². The summed E-state index contributed by atoms with van der Waals surface area (Å²) < 4.78 is 2.07. The maximum atomic E-state index is 13.8. The van der Waals surface area contributed by atoms with E-state index in [4.69, 9.17) is 0 Å². The Kier molecular flexibility index (Phi) is 6.92. The highest BCUT2D eigenvalue weighted by Gasteiger charge is 2.64. The van der Waals surface area contributed by atoms with Gasteiger partial charge in [-0.1, -0.05) is 13.0 Å². The van der Waals surface area contributed by atoms with Gasteiger partial charge in [0.05, 0.1) is 23.8 Å². The first kappa shape index (κ1) is 27.8. The maximum Gasteiger partial charge on any atom is 0.248 e. The van der Waals surface area contributed by atoms with Crippen molar-refractivity contribution in [1.29, 1.82) is 0 Å². The zero-order valence-electron chi connectivity index (χ0n) is 23.2. The number of pyridine rings is 2.